The molecule has 2 N–H and O–H groups in total. The molecule has 43 heavy (non-hydrogen) atoms. The van der Waals surface area contributed by atoms with Crippen molar-refractivity contribution in [1.29, 1.82) is 0 Å². The molecule has 3 aromatic rings. The molecule has 4 aliphatic rings. The summed E-state index contributed by atoms with van der Waals surface area (Å²) in [5.74, 6) is -3.48. The molecule has 1 saturated heterocycles. The van der Waals surface area contributed by atoms with E-state index in [-0.39, 0.29) is 40.6 Å². The molecular formula is C35H27ClN2O5. The molecule has 0 aromatic heterocycles. The maximum absolute atomic E-state index is 14.1. The van der Waals surface area contributed by atoms with Crippen LogP contribution in [0.1, 0.15) is 31.2 Å². The van der Waals surface area contributed by atoms with Crippen molar-refractivity contribution < 1.29 is 24.3 Å². The Morgan fingerprint density at radius 1 is 0.884 bits per heavy atom. The Labute approximate surface area is 253 Å². The molecule has 214 valence electrons. The van der Waals surface area contributed by atoms with Gasteiger partial charge < -0.3 is 10.4 Å². The van der Waals surface area contributed by atoms with Crippen molar-refractivity contribution >= 4 is 52.0 Å². The van der Waals surface area contributed by atoms with E-state index in [1.165, 1.54) is 23.1 Å². The van der Waals surface area contributed by atoms with Gasteiger partial charge in [0.15, 0.2) is 11.6 Å². The van der Waals surface area contributed by atoms with Gasteiger partial charge in [-0.05, 0) is 85.9 Å². The van der Waals surface area contributed by atoms with Crippen molar-refractivity contribution in [3.8, 4) is 5.75 Å². The van der Waals surface area contributed by atoms with Crippen molar-refractivity contribution in [2.75, 3.05) is 10.2 Å². The number of nitrogens with zero attached hydrogens (tertiary/aromatic N) is 1. The van der Waals surface area contributed by atoms with E-state index >= 15 is 0 Å². The summed E-state index contributed by atoms with van der Waals surface area (Å²) in [5, 5.41) is 13.6. The Bertz CT molecular complexity index is 1820. The summed E-state index contributed by atoms with van der Waals surface area (Å²) < 4.78 is 0. The first kappa shape index (κ1) is 27.1. The first-order valence-electron chi connectivity index (χ1n) is 14.2. The number of phenols is 1. The van der Waals surface area contributed by atoms with Crippen molar-refractivity contribution in [2.45, 2.75) is 25.7 Å². The smallest absolute Gasteiger partial charge is 0.238 e. The van der Waals surface area contributed by atoms with Crippen LogP contribution in [0.3, 0.4) is 0 Å². The average molecular weight is 591 g/mol. The molecule has 1 aliphatic heterocycles. The Morgan fingerprint density at radius 3 is 2.33 bits per heavy atom. The van der Waals surface area contributed by atoms with Crippen LogP contribution in [-0.4, -0.2) is 28.5 Å². The molecule has 0 saturated carbocycles. The number of fused-ring (bicyclic) bond motifs is 3. The second-order valence-corrected chi connectivity index (χ2v) is 11.9. The standard InChI is InChI=1S/C35H27ClN2O5/c1-18-15-29(40)32-27(33(18)41)17-26-23(30(32)24-12-11-22(39)16-28(24)36)13-14-25-31(26)35(43)38(34(25)42)21-9-7-20(8-10-21)37-19-5-3-2-4-6-19/h2-13,15-16,25-26,30-31,37,39H,14,17H2,1H3. The molecule has 7 nitrogen and oxygen atoms in total. The number of phenolic OH excluding ortho intramolecular Hbond substituents is 1. The molecular weight excluding hydrogens is 564 g/mol. The lowest BCUT2D eigenvalue weighted by molar-refractivity contribution is -0.123. The van der Waals surface area contributed by atoms with Crippen molar-refractivity contribution in [1.82, 2.24) is 0 Å². The van der Waals surface area contributed by atoms with Crippen LogP contribution in [0.5, 0.6) is 5.75 Å². The van der Waals surface area contributed by atoms with E-state index in [2.05, 4.69) is 5.32 Å². The highest BCUT2D eigenvalue weighted by atomic mass is 35.5. The number of halogens is 1. The predicted octanol–water partition coefficient (Wildman–Crippen LogP) is 6.42. The van der Waals surface area contributed by atoms with Gasteiger partial charge >= 0.3 is 0 Å². The number of allylic oxidation sites excluding steroid dienone is 6. The number of imide groups is 1. The highest BCUT2D eigenvalue weighted by Crippen LogP contribution is 2.56. The summed E-state index contributed by atoms with van der Waals surface area (Å²) in [7, 11) is 0. The fourth-order valence-corrected chi connectivity index (χ4v) is 7.41. The minimum atomic E-state index is -0.684. The van der Waals surface area contributed by atoms with Gasteiger partial charge in [0, 0.05) is 39.0 Å². The molecule has 0 radical (unpaired) electrons. The number of hydrogen-bond acceptors (Lipinski definition) is 6. The molecule has 4 atom stereocenters. The van der Waals surface area contributed by atoms with E-state index in [4.69, 9.17) is 11.6 Å². The zero-order valence-corrected chi connectivity index (χ0v) is 24.0. The van der Waals surface area contributed by atoms with E-state index < -0.39 is 23.7 Å². The van der Waals surface area contributed by atoms with Gasteiger partial charge in [0.05, 0.1) is 17.5 Å². The Balaban J connectivity index is 1.26. The van der Waals surface area contributed by atoms with Gasteiger partial charge in [-0.15, -0.1) is 0 Å². The van der Waals surface area contributed by atoms with Crippen molar-refractivity contribution in [2.24, 2.45) is 17.8 Å². The minimum absolute atomic E-state index is 0.0213. The number of para-hydroxylation sites is 1. The number of amides is 2. The Morgan fingerprint density at radius 2 is 1.60 bits per heavy atom. The van der Waals surface area contributed by atoms with Gasteiger partial charge in [-0.2, -0.15) is 0 Å². The minimum Gasteiger partial charge on any atom is -0.508 e. The van der Waals surface area contributed by atoms with Crippen molar-refractivity contribution in [3.05, 3.63) is 118 Å². The maximum atomic E-state index is 14.1. The van der Waals surface area contributed by atoms with Crippen LogP contribution in [0, 0.1) is 17.8 Å². The third-order valence-electron chi connectivity index (χ3n) is 9.05. The summed E-state index contributed by atoms with van der Waals surface area (Å²) in [4.78, 5) is 56.0. The van der Waals surface area contributed by atoms with Crippen LogP contribution in [0.15, 0.2) is 107 Å². The van der Waals surface area contributed by atoms with Crippen LogP contribution < -0.4 is 10.2 Å². The second-order valence-electron chi connectivity index (χ2n) is 11.5. The molecule has 3 aliphatic carbocycles. The number of nitrogens with one attached hydrogen (secondary N) is 1. The van der Waals surface area contributed by atoms with Gasteiger partial charge in [-0.3, -0.25) is 24.1 Å². The Hall–Kier alpha value is -4.75. The lowest BCUT2D eigenvalue weighted by Gasteiger charge is -2.42. The van der Waals surface area contributed by atoms with Gasteiger partial charge in [-0.25, -0.2) is 0 Å². The van der Waals surface area contributed by atoms with Gasteiger partial charge in [-0.1, -0.05) is 47.5 Å². The second kappa shape index (κ2) is 10.2. The van der Waals surface area contributed by atoms with E-state index in [1.54, 1.807) is 25.1 Å². The summed E-state index contributed by atoms with van der Waals surface area (Å²) >= 11 is 6.61. The number of benzene rings is 3. The number of carbonyl (C=O) groups is 4. The number of Topliss-reactive ketones (excluding diaryl/α,β-unsaturated/α-hetero) is 1. The zero-order valence-electron chi connectivity index (χ0n) is 23.2. The van der Waals surface area contributed by atoms with E-state index in [0.717, 1.165) is 16.9 Å². The number of aromatic hydroxyl groups is 1. The monoisotopic (exact) mass is 590 g/mol. The molecule has 7 rings (SSSR count). The van der Waals surface area contributed by atoms with E-state index in [1.807, 2.05) is 48.5 Å². The lowest BCUT2D eigenvalue weighted by Crippen LogP contribution is -2.39. The zero-order chi connectivity index (χ0) is 30.0. The topological polar surface area (TPSA) is 104 Å². The molecule has 0 bridgehead atoms. The lowest BCUT2D eigenvalue weighted by atomic mass is 9.59. The summed E-state index contributed by atoms with van der Waals surface area (Å²) in [6.45, 7) is 1.61. The molecule has 2 amide bonds. The fourth-order valence-electron chi connectivity index (χ4n) is 7.12. The van der Waals surface area contributed by atoms with E-state index in [9.17, 15) is 24.3 Å². The van der Waals surface area contributed by atoms with E-state index in [0.29, 0.717) is 34.4 Å². The molecule has 3 aromatic carbocycles. The first-order chi connectivity index (χ1) is 20.7. The molecule has 8 heteroatoms. The number of hydrogen-bond donors (Lipinski definition) is 2. The van der Waals surface area contributed by atoms with Gasteiger partial charge in [0.2, 0.25) is 11.8 Å². The molecule has 1 heterocycles. The van der Waals surface area contributed by atoms with Crippen LogP contribution in [0.4, 0.5) is 17.1 Å². The fraction of sp³-hybridized carbons (Fsp3) is 0.200. The van der Waals surface area contributed by atoms with Crippen LogP contribution >= 0.6 is 11.6 Å². The molecule has 4 unspecified atom stereocenters. The summed E-state index contributed by atoms with van der Waals surface area (Å²) in [6.07, 6.45) is 3.83. The highest BCUT2D eigenvalue weighted by Gasteiger charge is 2.56. The summed E-state index contributed by atoms with van der Waals surface area (Å²) in [6, 6.07) is 21.4. The van der Waals surface area contributed by atoms with Crippen LogP contribution in [0.25, 0.3) is 0 Å². The number of ketones is 2. The highest BCUT2D eigenvalue weighted by molar-refractivity contribution is 6.32. The van der Waals surface area contributed by atoms with Crippen LogP contribution in [0.2, 0.25) is 5.02 Å². The van der Waals surface area contributed by atoms with Crippen molar-refractivity contribution in [3.63, 3.8) is 0 Å². The third kappa shape index (κ3) is 4.34. The Kier molecular flexibility index (Phi) is 6.43. The normalized spacial score (nSPS) is 24.7. The number of carbonyl (C=O) groups excluding carboxylic acids is 4. The predicted molar refractivity (Wildman–Crippen MR) is 163 cm³/mol. The summed E-state index contributed by atoms with van der Waals surface area (Å²) in [5.41, 5.74) is 4.69. The average Bonchev–Trinajstić information content (AvgIpc) is 3.25. The molecule has 0 spiro atoms. The van der Waals surface area contributed by atoms with Gasteiger partial charge in [0.1, 0.15) is 5.75 Å². The first-order valence-corrected chi connectivity index (χ1v) is 14.6. The van der Waals surface area contributed by atoms with Gasteiger partial charge in [0.25, 0.3) is 0 Å². The number of rotatable bonds is 4. The largest absolute Gasteiger partial charge is 0.508 e. The maximum Gasteiger partial charge on any atom is 0.238 e. The van der Waals surface area contributed by atoms with Crippen LogP contribution in [-0.2, 0) is 19.2 Å². The SMILES string of the molecule is CC1=CC(=O)C2=C(CC3C(=CCC4C(=O)N(c5ccc(Nc6ccccc6)cc5)C(=O)C43)C2c2ccc(O)cc2Cl)C1=O. The quantitative estimate of drug-likeness (QED) is 0.206. The molecule has 1 fully saturated rings. The third-order valence-corrected chi connectivity index (χ3v) is 9.37. The number of anilines is 3.